The molecule has 17 heteroatoms. The van der Waals surface area contributed by atoms with Crippen LogP contribution in [0.4, 0.5) is 10.5 Å². The number of rotatable bonds is 12. The maximum atomic E-state index is 13.8. The number of amides is 3. The molecule has 3 amide bonds. The Bertz CT molecular complexity index is 1690. The smallest absolute Gasteiger partial charge is 0.358 e. The summed E-state index contributed by atoms with van der Waals surface area (Å²) in [6, 6.07) is 9.43. The summed E-state index contributed by atoms with van der Waals surface area (Å²) in [5.74, 6) is -1.99. The van der Waals surface area contributed by atoms with E-state index in [4.69, 9.17) is 19.4 Å². The first-order valence-corrected chi connectivity index (χ1v) is 16.6. The second-order valence-electron chi connectivity index (χ2n) is 10.2. The third-order valence-electron chi connectivity index (χ3n) is 6.36. The van der Waals surface area contributed by atoms with Crippen LogP contribution in [0, 0.1) is 19.3 Å². The summed E-state index contributed by atoms with van der Waals surface area (Å²) in [5, 5.41) is 13.1. The van der Waals surface area contributed by atoms with Crippen LogP contribution in [0.25, 0.3) is 0 Å². The molecule has 0 fully saturated rings. The quantitative estimate of drug-likeness (QED) is 0.0488. The van der Waals surface area contributed by atoms with Gasteiger partial charge < -0.3 is 15.6 Å². The Hall–Kier alpha value is -5.15. The molecule has 47 heavy (non-hydrogen) atoms. The number of anilines is 1. The Balaban J connectivity index is 1.95. The summed E-state index contributed by atoms with van der Waals surface area (Å²) in [4.78, 5) is 88.3. The minimum atomic E-state index is -5.30. The number of aliphatic imine (C=N–C) groups is 1. The van der Waals surface area contributed by atoms with Gasteiger partial charge >= 0.3 is 123 Å². The number of hydrogen-bond donors (Lipinski definition) is 7. The van der Waals surface area contributed by atoms with E-state index >= 15 is 0 Å². The van der Waals surface area contributed by atoms with Gasteiger partial charge in [0, 0.05) is 24.8 Å². The zero-order valence-electron chi connectivity index (χ0n) is 26.4. The number of aromatic amines is 1. The summed E-state index contributed by atoms with van der Waals surface area (Å²) >= 11 is 0. The number of carbonyl (C=O) groups is 4. The predicted molar refractivity (Wildman–Crippen MR) is 174 cm³/mol. The molecule has 0 aliphatic rings. The molecule has 0 unspecified atom stereocenters. The van der Waals surface area contributed by atoms with Crippen molar-refractivity contribution >= 4 is 49.2 Å². The van der Waals surface area contributed by atoms with Crippen molar-refractivity contribution in [1.82, 2.24) is 15.6 Å². The molecule has 0 aliphatic heterocycles. The van der Waals surface area contributed by atoms with Gasteiger partial charge in [0.2, 0.25) is 0 Å². The standard InChI is InChI=1S/C30H37N6O10P/c1-6-32-27(37)21-9-8-18(3)24(14-21)36(26(35-16-31)25-19(4)23(15-34-25)28(38)33-7-2)30(40)45-17-44-29(39)20-10-12-22(13-11-20)46-47(5,41,42)43/h8-16,31,34,41-43H,6-7,17H2,1-5H3,(H,32,37)(H,33,38). The van der Waals surface area contributed by atoms with Gasteiger partial charge in [-0.1, -0.05) is 6.07 Å². The van der Waals surface area contributed by atoms with Crippen molar-refractivity contribution in [3.05, 3.63) is 82.2 Å². The van der Waals surface area contributed by atoms with E-state index in [0.29, 0.717) is 30.6 Å². The van der Waals surface area contributed by atoms with Gasteiger partial charge in [-0.05, 0) is 51.0 Å². The van der Waals surface area contributed by atoms with Crippen LogP contribution in [0.5, 0.6) is 5.75 Å². The fourth-order valence-electron chi connectivity index (χ4n) is 4.25. The Morgan fingerprint density at radius 1 is 0.957 bits per heavy atom. The number of H-pyrrole nitrogens is 1. The van der Waals surface area contributed by atoms with E-state index in [-0.39, 0.29) is 45.6 Å². The Kier molecular flexibility index (Phi) is 11.6. The Labute approximate surface area is 270 Å². The normalized spacial score (nSPS) is 12.3. The van der Waals surface area contributed by atoms with Crippen molar-refractivity contribution in [3.8, 4) is 5.75 Å². The molecule has 0 saturated carbocycles. The van der Waals surface area contributed by atoms with Crippen molar-refractivity contribution in [2.24, 2.45) is 4.99 Å². The van der Waals surface area contributed by atoms with Gasteiger partial charge in [-0.15, -0.1) is 0 Å². The molecule has 3 aromatic rings. The van der Waals surface area contributed by atoms with Gasteiger partial charge in [0.05, 0.1) is 11.3 Å². The second kappa shape index (κ2) is 15.0. The number of nitrogens with zero attached hydrogens (tertiary/aromatic N) is 2. The SMILES string of the molecule is CCNC(=O)c1ccc(C)c(N(C(=O)OCOC(=O)c2ccc(OP(C)(O)(O)O)cc2)C(=NC=N)c2[nH]cc(C(=O)NCC)c2C)c1. The van der Waals surface area contributed by atoms with Crippen LogP contribution in [-0.2, 0) is 9.47 Å². The van der Waals surface area contributed by atoms with Gasteiger partial charge in [-0.25, -0.2) is 4.99 Å². The molecule has 1 heterocycles. The number of hydrogen-bond acceptors (Lipinski definition) is 11. The molecule has 252 valence electrons. The monoisotopic (exact) mass is 672 g/mol. The number of amidine groups is 1. The van der Waals surface area contributed by atoms with E-state index in [0.717, 1.165) is 11.6 Å². The fraction of sp³-hybridized carbons (Fsp3) is 0.267. The maximum absolute atomic E-state index is 13.8. The van der Waals surface area contributed by atoms with Crippen molar-refractivity contribution in [2.75, 3.05) is 31.4 Å². The van der Waals surface area contributed by atoms with E-state index in [2.05, 4.69) is 20.6 Å². The summed E-state index contributed by atoms with van der Waals surface area (Å²) in [5.41, 5.74) is 1.72. The minimum absolute atomic E-state index is 0.0214. The van der Waals surface area contributed by atoms with Crippen LogP contribution < -0.4 is 20.1 Å². The van der Waals surface area contributed by atoms with Crippen molar-refractivity contribution in [3.63, 3.8) is 0 Å². The summed E-state index contributed by atoms with van der Waals surface area (Å²) in [7, 11) is -5.30. The third kappa shape index (κ3) is 9.67. The molecule has 16 nitrogen and oxygen atoms in total. The number of carbonyl (C=O) groups excluding carboxylic acids is 4. The predicted octanol–water partition coefficient (Wildman–Crippen LogP) is 3.14. The van der Waals surface area contributed by atoms with Gasteiger partial charge in [0.15, 0.2) is 0 Å². The second-order valence-corrected chi connectivity index (χ2v) is 13.0. The van der Waals surface area contributed by atoms with Crippen LogP contribution in [-0.4, -0.2) is 82.3 Å². The zero-order valence-corrected chi connectivity index (χ0v) is 27.3. The van der Waals surface area contributed by atoms with Crippen molar-refractivity contribution in [2.45, 2.75) is 27.7 Å². The first-order chi connectivity index (χ1) is 22.1. The topological polar surface area (TPSA) is 236 Å². The molecule has 3 rings (SSSR count). The molecule has 0 spiro atoms. The van der Waals surface area contributed by atoms with Gasteiger partial charge in [-0.3, -0.25) is 15.0 Å². The number of ether oxygens (including phenoxy) is 2. The molecule has 0 aliphatic carbocycles. The average molecular weight is 673 g/mol. The van der Waals surface area contributed by atoms with Crippen LogP contribution in [0.1, 0.15) is 61.7 Å². The van der Waals surface area contributed by atoms with Crippen LogP contribution in [0.15, 0.2) is 53.7 Å². The Morgan fingerprint density at radius 3 is 2.17 bits per heavy atom. The van der Waals surface area contributed by atoms with Gasteiger partial charge in [0.1, 0.15) is 6.34 Å². The van der Waals surface area contributed by atoms with E-state index in [1.807, 2.05) is 0 Å². The molecule has 0 radical (unpaired) electrons. The summed E-state index contributed by atoms with van der Waals surface area (Å²) in [6.07, 6.45) is 1.02. The number of benzene rings is 2. The van der Waals surface area contributed by atoms with E-state index in [9.17, 15) is 33.9 Å². The minimum Gasteiger partial charge on any atom is -0.358 e. The molecule has 0 saturated heterocycles. The van der Waals surface area contributed by atoms with E-state index in [1.165, 1.54) is 36.5 Å². The number of nitrogens with one attached hydrogen (secondary N) is 4. The summed E-state index contributed by atoms with van der Waals surface area (Å²) in [6.45, 7) is 7.38. The van der Waals surface area contributed by atoms with Gasteiger partial charge in [-0.2, -0.15) is 0 Å². The molecule has 1 aromatic heterocycles. The van der Waals surface area contributed by atoms with Crippen molar-refractivity contribution < 1.29 is 47.9 Å². The fourth-order valence-corrected chi connectivity index (χ4v) is 4.86. The van der Waals surface area contributed by atoms with Crippen molar-refractivity contribution in [1.29, 1.82) is 5.41 Å². The first-order valence-electron chi connectivity index (χ1n) is 14.2. The molecule has 7 N–H and O–H groups in total. The number of esters is 1. The molecule has 0 atom stereocenters. The van der Waals surface area contributed by atoms with E-state index < -0.39 is 32.3 Å². The van der Waals surface area contributed by atoms with Crippen LogP contribution in [0.2, 0.25) is 0 Å². The molecular weight excluding hydrogens is 635 g/mol. The zero-order chi connectivity index (χ0) is 35.0. The van der Waals surface area contributed by atoms with Crippen LogP contribution in [0.3, 0.4) is 0 Å². The number of aromatic nitrogens is 1. The van der Waals surface area contributed by atoms with E-state index in [1.54, 1.807) is 39.8 Å². The summed E-state index contributed by atoms with van der Waals surface area (Å²) < 4.78 is 15.2. The van der Waals surface area contributed by atoms with Crippen LogP contribution >= 0.6 is 7.51 Å². The first kappa shape index (κ1) is 36.3. The third-order valence-corrected chi connectivity index (χ3v) is 7.00. The molecular formula is C30H37N6O10P. The Morgan fingerprint density at radius 2 is 1.57 bits per heavy atom. The number of aryl methyl sites for hydroxylation is 1. The molecule has 2 aromatic carbocycles. The molecule has 0 bridgehead atoms. The average Bonchev–Trinajstić information content (AvgIpc) is 3.38. The van der Waals surface area contributed by atoms with Gasteiger partial charge in [0.25, 0.3) is 11.8 Å².